The van der Waals surface area contributed by atoms with E-state index in [0.29, 0.717) is 0 Å². The molecule has 2 aromatic rings. The van der Waals surface area contributed by atoms with Crippen LogP contribution < -0.4 is 0 Å². The zero-order valence-electron chi connectivity index (χ0n) is 7.97. The molecule has 0 saturated carbocycles. The maximum Gasteiger partial charge on any atom is 0.265 e. The molecule has 3 heteroatoms. The third-order valence-electron chi connectivity index (χ3n) is 2.47. The van der Waals surface area contributed by atoms with Crippen LogP contribution in [0.5, 0.6) is 0 Å². The van der Waals surface area contributed by atoms with E-state index < -0.39 is 6.43 Å². The first-order chi connectivity index (χ1) is 6.61. The highest BCUT2D eigenvalue weighted by molar-refractivity contribution is 7.19. The lowest BCUT2D eigenvalue weighted by Crippen LogP contribution is -1.83. The minimum atomic E-state index is -2.38. The molecule has 0 unspecified atom stereocenters. The lowest BCUT2D eigenvalue weighted by atomic mass is 10.1. The van der Waals surface area contributed by atoms with Crippen LogP contribution in [0.25, 0.3) is 10.1 Å². The highest BCUT2D eigenvalue weighted by atomic mass is 32.1. The molecule has 0 radical (unpaired) electrons. The van der Waals surface area contributed by atoms with Gasteiger partial charge in [0.15, 0.2) is 0 Å². The second-order valence-electron chi connectivity index (χ2n) is 3.31. The summed E-state index contributed by atoms with van der Waals surface area (Å²) in [5.41, 5.74) is 1.27. The molecule has 0 aliphatic carbocycles. The molecule has 0 fully saturated rings. The number of thiophene rings is 1. The number of alkyl halides is 2. The van der Waals surface area contributed by atoms with Gasteiger partial charge in [0.25, 0.3) is 6.43 Å². The fourth-order valence-electron chi connectivity index (χ4n) is 1.56. The first kappa shape index (κ1) is 9.59. The third-order valence-corrected chi connectivity index (χ3v) is 3.74. The van der Waals surface area contributed by atoms with Crippen LogP contribution in [0.2, 0.25) is 0 Å². The van der Waals surface area contributed by atoms with Crippen molar-refractivity contribution in [1.82, 2.24) is 0 Å². The molecule has 74 valence electrons. The molecule has 0 bridgehead atoms. The number of rotatable bonds is 1. The monoisotopic (exact) mass is 212 g/mol. The van der Waals surface area contributed by atoms with Crippen molar-refractivity contribution in [3.05, 3.63) is 34.2 Å². The zero-order chi connectivity index (χ0) is 10.3. The van der Waals surface area contributed by atoms with Crippen LogP contribution >= 0.6 is 11.3 Å². The molecule has 0 saturated heterocycles. The predicted molar refractivity (Wildman–Crippen MR) is 56.3 cm³/mol. The Morgan fingerprint density at radius 1 is 1.21 bits per heavy atom. The van der Waals surface area contributed by atoms with Crippen molar-refractivity contribution in [2.45, 2.75) is 20.3 Å². The minimum absolute atomic E-state index is 0.156. The van der Waals surface area contributed by atoms with Crippen LogP contribution in [0.4, 0.5) is 8.78 Å². The molecule has 1 aromatic carbocycles. The molecular weight excluding hydrogens is 202 g/mol. The van der Waals surface area contributed by atoms with E-state index in [1.807, 2.05) is 19.9 Å². The Morgan fingerprint density at radius 3 is 2.57 bits per heavy atom. The van der Waals surface area contributed by atoms with Crippen molar-refractivity contribution in [3.8, 4) is 0 Å². The van der Waals surface area contributed by atoms with E-state index in [0.717, 1.165) is 20.5 Å². The molecule has 0 nitrogen and oxygen atoms in total. The van der Waals surface area contributed by atoms with Crippen LogP contribution in [-0.2, 0) is 0 Å². The maximum absolute atomic E-state index is 12.6. The van der Waals surface area contributed by atoms with Crippen molar-refractivity contribution in [1.29, 1.82) is 0 Å². The van der Waals surface area contributed by atoms with Crippen LogP contribution in [-0.4, -0.2) is 0 Å². The van der Waals surface area contributed by atoms with Crippen molar-refractivity contribution < 1.29 is 8.78 Å². The highest BCUT2D eigenvalue weighted by Gasteiger charge is 2.14. The summed E-state index contributed by atoms with van der Waals surface area (Å²) in [6, 6.07) is 5.10. The predicted octanol–water partition coefficient (Wildman–Crippen LogP) is 4.46. The van der Waals surface area contributed by atoms with Crippen molar-refractivity contribution >= 4 is 21.4 Å². The molecule has 0 amide bonds. The number of halogens is 2. The summed E-state index contributed by atoms with van der Waals surface area (Å²) in [5, 5.41) is 0.963. The molecular formula is C11H10F2S. The molecule has 0 N–H and O–H groups in total. The molecule has 0 aliphatic heterocycles. The standard InChI is InChI=1S/C11H10F2S/c1-6-7(2)14-10-8(6)4-3-5-9(10)11(12)13/h3-5,11H,1-2H3. The number of fused-ring (bicyclic) bond motifs is 1. The molecule has 0 aliphatic rings. The number of hydrogen-bond acceptors (Lipinski definition) is 1. The van der Waals surface area contributed by atoms with Crippen molar-refractivity contribution in [2.75, 3.05) is 0 Å². The third kappa shape index (κ3) is 1.32. The Morgan fingerprint density at radius 2 is 1.93 bits per heavy atom. The van der Waals surface area contributed by atoms with Crippen LogP contribution in [0.3, 0.4) is 0 Å². The first-order valence-electron chi connectivity index (χ1n) is 4.38. The molecule has 0 atom stereocenters. The van der Waals surface area contributed by atoms with Gasteiger partial charge in [0.1, 0.15) is 0 Å². The van der Waals surface area contributed by atoms with E-state index in [1.54, 1.807) is 6.07 Å². The second-order valence-corrected chi connectivity index (χ2v) is 4.53. The van der Waals surface area contributed by atoms with E-state index in [-0.39, 0.29) is 5.56 Å². The number of hydrogen-bond donors (Lipinski definition) is 0. The van der Waals surface area contributed by atoms with E-state index >= 15 is 0 Å². The zero-order valence-corrected chi connectivity index (χ0v) is 8.79. The van der Waals surface area contributed by atoms with Gasteiger partial charge in [-0.05, 0) is 24.8 Å². The van der Waals surface area contributed by atoms with Gasteiger partial charge in [0.2, 0.25) is 0 Å². The van der Waals surface area contributed by atoms with Gasteiger partial charge in [-0.15, -0.1) is 11.3 Å². The van der Waals surface area contributed by atoms with E-state index in [4.69, 9.17) is 0 Å². The summed E-state index contributed by atoms with van der Waals surface area (Å²) in [4.78, 5) is 1.12. The van der Waals surface area contributed by atoms with Crippen molar-refractivity contribution in [3.63, 3.8) is 0 Å². The van der Waals surface area contributed by atoms with E-state index in [1.165, 1.54) is 17.4 Å². The molecule has 2 rings (SSSR count). The smallest absolute Gasteiger partial charge is 0.205 e. The topological polar surface area (TPSA) is 0 Å². The Kier molecular flexibility index (Phi) is 2.27. The number of aryl methyl sites for hydroxylation is 2. The van der Waals surface area contributed by atoms with Gasteiger partial charge in [0, 0.05) is 15.1 Å². The molecule has 1 aromatic heterocycles. The minimum Gasteiger partial charge on any atom is -0.205 e. The molecule has 14 heavy (non-hydrogen) atoms. The SMILES string of the molecule is Cc1sc2c(C(F)F)cccc2c1C. The highest BCUT2D eigenvalue weighted by Crippen LogP contribution is 2.36. The van der Waals surface area contributed by atoms with Crippen LogP contribution in [0, 0.1) is 13.8 Å². The number of benzene rings is 1. The second kappa shape index (κ2) is 3.31. The summed E-state index contributed by atoms with van der Waals surface area (Å²) in [7, 11) is 0. The summed E-state index contributed by atoms with van der Waals surface area (Å²) in [5.74, 6) is 0. The average molecular weight is 212 g/mol. The summed E-state index contributed by atoms with van der Waals surface area (Å²) >= 11 is 1.45. The lowest BCUT2D eigenvalue weighted by Gasteiger charge is -2.00. The maximum atomic E-state index is 12.6. The van der Waals surface area contributed by atoms with Gasteiger partial charge >= 0.3 is 0 Å². The van der Waals surface area contributed by atoms with E-state index in [2.05, 4.69) is 0 Å². The first-order valence-corrected chi connectivity index (χ1v) is 5.19. The fourth-order valence-corrected chi connectivity index (χ4v) is 2.73. The Labute approximate surface area is 85.2 Å². The van der Waals surface area contributed by atoms with Gasteiger partial charge in [-0.25, -0.2) is 8.78 Å². The largest absolute Gasteiger partial charge is 0.265 e. The Bertz CT molecular complexity index is 471. The van der Waals surface area contributed by atoms with Gasteiger partial charge in [-0.2, -0.15) is 0 Å². The molecule has 1 heterocycles. The average Bonchev–Trinajstić information content (AvgIpc) is 2.43. The fraction of sp³-hybridized carbons (Fsp3) is 0.273. The Balaban J connectivity index is 2.81. The summed E-state index contributed by atoms with van der Waals surface area (Å²) in [6.45, 7) is 3.94. The normalized spacial score (nSPS) is 11.5. The van der Waals surface area contributed by atoms with Gasteiger partial charge < -0.3 is 0 Å². The van der Waals surface area contributed by atoms with Crippen LogP contribution in [0.15, 0.2) is 18.2 Å². The van der Waals surface area contributed by atoms with Crippen LogP contribution in [0.1, 0.15) is 22.4 Å². The van der Waals surface area contributed by atoms with Gasteiger partial charge in [-0.1, -0.05) is 18.2 Å². The summed E-state index contributed by atoms with van der Waals surface area (Å²) < 4.78 is 26.0. The quantitative estimate of drug-likeness (QED) is 0.654. The van der Waals surface area contributed by atoms with Crippen molar-refractivity contribution in [2.24, 2.45) is 0 Å². The van der Waals surface area contributed by atoms with Gasteiger partial charge in [0.05, 0.1) is 0 Å². The Hall–Kier alpha value is -0.960. The summed E-state index contributed by atoms with van der Waals surface area (Å²) in [6.07, 6.45) is -2.38. The lowest BCUT2D eigenvalue weighted by molar-refractivity contribution is 0.153. The molecule has 0 spiro atoms. The van der Waals surface area contributed by atoms with E-state index in [9.17, 15) is 8.78 Å². The van der Waals surface area contributed by atoms with Gasteiger partial charge in [-0.3, -0.25) is 0 Å².